The van der Waals surface area contributed by atoms with E-state index in [4.69, 9.17) is 9.42 Å². The van der Waals surface area contributed by atoms with Gasteiger partial charge in [0.15, 0.2) is 0 Å². The summed E-state index contributed by atoms with van der Waals surface area (Å²) in [5.74, 6) is 0.219. The topological polar surface area (TPSA) is 76.0 Å². The molecule has 2 aromatic rings. The van der Waals surface area contributed by atoms with Crippen LogP contribution in [0.2, 0.25) is 0 Å². The Morgan fingerprint density at radius 2 is 1.50 bits per heavy atom. The molecule has 5 nitrogen and oxygen atoms in total. The number of aromatic hydroxyl groups is 1. The maximum atomic E-state index is 11.2. The maximum Gasteiger partial charge on any atom is 0.472 e. The van der Waals surface area contributed by atoms with Crippen LogP contribution in [0.4, 0.5) is 0 Å². The van der Waals surface area contributed by atoms with Crippen LogP contribution in [-0.4, -0.2) is 17.1 Å². The first-order valence-electron chi connectivity index (χ1n) is 5.91. The van der Waals surface area contributed by atoms with E-state index >= 15 is 0 Å². The molecule has 0 amide bonds. The second-order valence-electron chi connectivity index (χ2n) is 4.17. The molecule has 0 saturated carbocycles. The van der Waals surface area contributed by atoms with Crippen molar-refractivity contribution < 1.29 is 23.6 Å². The van der Waals surface area contributed by atoms with E-state index < -0.39 is 7.82 Å². The minimum absolute atomic E-state index is 0.00250. The molecule has 6 heteroatoms. The Bertz CT molecular complexity index is 606. The molecular weight excluding hydrogens is 279 g/mol. The van der Waals surface area contributed by atoms with Gasteiger partial charge in [0.25, 0.3) is 0 Å². The van der Waals surface area contributed by atoms with Crippen LogP contribution in [0, 0.1) is 0 Å². The summed E-state index contributed by atoms with van der Waals surface area (Å²) in [6, 6.07) is 14.2. The predicted molar refractivity (Wildman–Crippen MR) is 75.2 cm³/mol. The van der Waals surface area contributed by atoms with Gasteiger partial charge >= 0.3 is 7.82 Å². The van der Waals surface area contributed by atoms with Crippen LogP contribution < -0.4 is 0 Å². The highest BCUT2D eigenvalue weighted by Gasteiger charge is 2.17. The number of phenolic OH excluding ortho intramolecular Hbond substituents is 1. The van der Waals surface area contributed by atoms with E-state index in [9.17, 15) is 9.67 Å². The molecule has 0 heterocycles. The predicted octanol–water partition coefficient (Wildman–Crippen LogP) is 3.32. The summed E-state index contributed by atoms with van der Waals surface area (Å²) in [4.78, 5) is 9.13. The summed E-state index contributed by atoms with van der Waals surface area (Å²) < 4.78 is 20.3. The van der Waals surface area contributed by atoms with Gasteiger partial charge in [-0.2, -0.15) is 0 Å². The molecule has 2 N–H and O–H groups in total. The zero-order valence-electron chi connectivity index (χ0n) is 10.9. The molecule has 1 unspecified atom stereocenters. The number of hydrogen-bond acceptors (Lipinski definition) is 4. The SMILES string of the molecule is COP(=O)(O)OCc1ccc(-c2ccc(O)cc2)cc1. The summed E-state index contributed by atoms with van der Waals surface area (Å²) >= 11 is 0. The van der Waals surface area contributed by atoms with Crippen molar-refractivity contribution >= 4 is 7.82 Å². The number of phenols is 1. The number of rotatable bonds is 5. The number of benzene rings is 2. The largest absolute Gasteiger partial charge is 0.508 e. The van der Waals surface area contributed by atoms with Gasteiger partial charge in [0, 0.05) is 7.11 Å². The molecule has 0 aromatic heterocycles. The highest BCUT2D eigenvalue weighted by atomic mass is 31.2. The second kappa shape index (κ2) is 6.20. The molecule has 20 heavy (non-hydrogen) atoms. The van der Waals surface area contributed by atoms with Crippen LogP contribution >= 0.6 is 7.82 Å². The molecule has 2 aromatic carbocycles. The lowest BCUT2D eigenvalue weighted by molar-refractivity contribution is 0.166. The van der Waals surface area contributed by atoms with E-state index in [0.29, 0.717) is 0 Å². The molecule has 0 spiro atoms. The molecule has 0 bridgehead atoms. The molecule has 2 rings (SSSR count). The van der Waals surface area contributed by atoms with Gasteiger partial charge in [-0.1, -0.05) is 36.4 Å². The quantitative estimate of drug-likeness (QED) is 0.827. The van der Waals surface area contributed by atoms with Crippen LogP contribution in [0.15, 0.2) is 48.5 Å². The van der Waals surface area contributed by atoms with Crippen molar-refractivity contribution in [3.05, 3.63) is 54.1 Å². The molecular formula is C14H15O5P. The lowest BCUT2D eigenvalue weighted by Crippen LogP contribution is -1.93. The Balaban J connectivity index is 2.07. The first-order valence-corrected chi connectivity index (χ1v) is 7.41. The molecule has 1 atom stereocenters. The van der Waals surface area contributed by atoms with Gasteiger partial charge in [0.05, 0.1) is 6.61 Å². The molecule has 0 radical (unpaired) electrons. The van der Waals surface area contributed by atoms with Gasteiger partial charge in [-0.05, 0) is 28.8 Å². The smallest absolute Gasteiger partial charge is 0.472 e. The van der Waals surface area contributed by atoms with Crippen molar-refractivity contribution in [3.63, 3.8) is 0 Å². The Labute approximate surface area is 117 Å². The molecule has 0 saturated heterocycles. The van der Waals surface area contributed by atoms with E-state index in [1.165, 1.54) is 0 Å². The van der Waals surface area contributed by atoms with E-state index in [1.807, 2.05) is 24.3 Å². The standard InChI is InChI=1S/C14H15O5P/c1-18-20(16,17)19-10-11-2-4-12(5-3-11)13-6-8-14(15)9-7-13/h2-9,15H,10H2,1H3,(H,16,17). The number of hydrogen-bond donors (Lipinski definition) is 2. The van der Waals surface area contributed by atoms with E-state index in [-0.39, 0.29) is 12.4 Å². The molecule has 106 valence electrons. The second-order valence-corrected chi connectivity index (χ2v) is 5.73. The fourth-order valence-corrected chi connectivity index (χ4v) is 2.07. The Kier molecular flexibility index (Phi) is 4.57. The van der Waals surface area contributed by atoms with Crippen LogP contribution in [0.1, 0.15) is 5.56 Å². The molecule has 0 aliphatic rings. The Morgan fingerprint density at radius 1 is 1.00 bits per heavy atom. The lowest BCUT2D eigenvalue weighted by Gasteiger charge is -2.09. The van der Waals surface area contributed by atoms with Crippen molar-refractivity contribution in [2.75, 3.05) is 7.11 Å². The van der Waals surface area contributed by atoms with Crippen molar-refractivity contribution in [2.24, 2.45) is 0 Å². The van der Waals surface area contributed by atoms with Gasteiger partial charge in [-0.3, -0.25) is 9.05 Å². The summed E-state index contributed by atoms with van der Waals surface area (Å²) in [7, 11) is -2.82. The first kappa shape index (κ1) is 14.8. The zero-order valence-corrected chi connectivity index (χ0v) is 11.8. The normalized spacial score (nSPS) is 13.9. The summed E-state index contributed by atoms with van der Waals surface area (Å²) in [6.07, 6.45) is 0. The Hall–Kier alpha value is -1.65. The fraction of sp³-hybridized carbons (Fsp3) is 0.143. The van der Waals surface area contributed by atoms with E-state index in [2.05, 4.69) is 4.52 Å². The van der Waals surface area contributed by atoms with Gasteiger partial charge in [-0.15, -0.1) is 0 Å². The molecule has 0 aliphatic carbocycles. The van der Waals surface area contributed by atoms with E-state index in [0.717, 1.165) is 23.8 Å². The number of phosphoric ester groups is 1. The number of phosphoric acid groups is 1. The van der Waals surface area contributed by atoms with Crippen molar-refractivity contribution in [1.29, 1.82) is 0 Å². The van der Waals surface area contributed by atoms with Crippen LogP contribution in [0.25, 0.3) is 11.1 Å². The average molecular weight is 294 g/mol. The van der Waals surface area contributed by atoms with Crippen LogP contribution in [0.5, 0.6) is 5.75 Å². The summed E-state index contributed by atoms with van der Waals surface area (Å²) in [6.45, 7) is -0.00250. The third kappa shape index (κ3) is 3.92. The highest BCUT2D eigenvalue weighted by molar-refractivity contribution is 7.47. The van der Waals surface area contributed by atoms with Crippen LogP contribution in [-0.2, 0) is 20.2 Å². The average Bonchev–Trinajstić information content (AvgIpc) is 2.47. The van der Waals surface area contributed by atoms with Gasteiger partial charge in [0.1, 0.15) is 5.75 Å². The third-order valence-corrected chi connectivity index (χ3v) is 3.70. The minimum atomic E-state index is -3.94. The highest BCUT2D eigenvalue weighted by Crippen LogP contribution is 2.42. The third-order valence-electron chi connectivity index (χ3n) is 2.78. The van der Waals surface area contributed by atoms with Crippen molar-refractivity contribution in [3.8, 4) is 16.9 Å². The van der Waals surface area contributed by atoms with Crippen LogP contribution in [0.3, 0.4) is 0 Å². The Morgan fingerprint density at radius 3 is 2.00 bits per heavy atom. The summed E-state index contributed by atoms with van der Waals surface area (Å²) in [5.41, 5.74) is 2.71. The van der Waals surface area contributed by atoms with E-state index in [1.54, 1.807) is 24.3 Å². The monoisotopic (exact) mass is 294 g/mol. The van der Waals surface area contributed by atoms with Gasteiger partial charge < -0.3 is 10.00 Å². The first-order chi connectivity index (χ1) is 9.50. The van der Waals surface area contributed by atoms with Crippen molar-refractivity contribution in [1.82, 2.24) is 0 Å². The van der Waals surface area contributed by atoms with Gasteiger partial charge in [-0.25, -0.2) is 4.57 Å². The molecule has 0 aliphatic heterocycles. The maximum absolute atomic E-state index is 11.2. The minimum Gasteiger partial charge on any atom is -0.508 e. The zero-order chi connectivity index (χ0) is 14.6. The fourth-order valence-electron chi connectivity index (χ4n) is 1.66. The van der Waals surface area contributed by atoms with Gasteiger partial charge in [0.2, 0.25) is 0 Å². The summed E-state index contributed by atoms with van der Waals surface area (Å²) in [5, 5.41) is 9.24. The molecule has 0 fully saturated rings. The lowest BCUT2D eigenvalue weighted by atomic mass is 10.0. The van der Waals surface area contributed by atoms with Crippen molar-refractivity contribution in [2.45, 2.75) is 6.61 Å².